The van der Waals surface area contributed by atoms with Crippen LogP contribution >= 0.6 is 0 Å². The van der Waals surface area contributed by atoms with E-state index < -0.39 is 6.10 Å². The van der Waals surface area contributed by atoms with Gasteiger partial charge in [0.1, 0.15) is 5.82 Å². The maximum Gasteiger partial charge on any atom is 0.315 e. The zero-order valence-corrected chi connectivity index (χ0v) is 32.5. The average molecular weight is 774 g/mol. The minimum Gasteiger partial charge on any atom is -0.493 e. The molecule has 0 radical (unpaired) electrons. The smallest absolute Gasteiger partial charge is 0.315 e. The number of urea groups is 1. The second-order valence-corrected chi connectivity index (χ2v) is 13.7. The highest BCUT2D eigenvalue weighted by Gasteiger charge is 2.13. The molecular weight excluding hydrogens is 723 g/mol. The number of benzene rings is 4. The van der Waals surface area contributed by atoms with E-state index in [9.17, 15) is 19.5 Å². The van der Waals surface area contributed by atoms with E-state index in [4.69, 9.17) is 15.2 Å². The third kappa shape index (κ3) is 13.4. The molecule has 2 atom stereocenters. The molecule has 0 aliphatic rings. The van der Waals surface area contributed by atoms with Crippen LogP contribution in [0.25, 0.3) is 0 Å². The molecule has 0 bridgehead atoms. The van der Waals surface area contributed by atoms with Crippen molar-refractivity contribution in [2.45, 2.75) is 51.4 Å². The number of methoxy groups -OCH3 is 2. The number of carbonyl (C=O) groups excluding carboxylic acids is 3. The van der Waals surface area contributed by atoms with Crippen molar-refractivity contribution in [2.75, 3.05) is 33.2 Å². The number of pyridine rings is 1. The van der Waals surface area contributed by atoms with Crippen LogP contribution in [0, 0.1) is 0 Å². The summed E-state index contributed by atoms with van der Waals surface area (Å²) >= 11 is 0. The lowest BCUT2D eigenvalue weighted by molar-refractivity contribution is -0.120. The van der Waals surface area contributed by atoms with Crippen molar-refractivity contribution in [2.24, 2.45) is 0 Å². The molecule has 13 heteroatoms. The maximum absolute atomic E-state index is 12.8. The maximum atomic E-state index is 12.8. The van der Waals surface area contributed by atoms with Crippen LogP contribution in [0.3, 0.4) is 0 Å². The number of nitrogens with two attached hydrogens (primary N) is 1. The number of aromatic nitrogens is 1. The molecule has 5 aromatic rings. The van der Waals surface area contributed by atoms with Crippen LogP contribution in [0.4, 0.5) is 10.6 Å². The second kappa shape index (κ2) is 21.0. The second-order valence-electron chi connectivity index (χ2n) is 13.7. The average Bonchev–Trinajstić information content (AvgIpc) is 3.22. The zero-order valence-electron chi connectivity index (χ0n) is 32.5. The highest BCUT2D eigenvalue weighted by molar-refractivity contribution is 5.94. The summed E-state index contributed by atoms with van der Waals surface area (Å²) in [6, 6.07) is 31.9. The predicted octanol–water partition coefficient (Wildman–Crippen LogP) is 4.57. The first-order chi connectivity index (χ1) is 27.6. The van der Waals surface area contributed by atoms with Crippen molar-refractivity contribution in [3.05, 3.63) is 154 Å². The van der Waals surface area contributed by atoms with Crippen molar-refractivity contribution in [3.63, 3.8) is 0 Å². The highest BCUT2D eigenvalue weighted by atomic mass is 16.5. The van der Waals surface area contributed by atoms with Crippen molar-refractivity contribution >= 4 is 23.7 Å². The Hall–Kier alpha value is -6.44. The number of rotatable bonds is 19. The molecule has 298 valence electrons. The third-order valence-electron chi connectivity index (χ3n) is 9.26. The molecule has 57 heavy (non-hydrogen) atoms. The number of nitrogen functional groups attached to an aromatic ring is 1. The van der Waals surface area contributed by atoms with Gasteiger partial charge in [-0.2, -0.15) is 0 Å². The van der Waals surface area contributed by atoms with Gasteiger partial charge < -0.3 is 46.9 Å². The number of anilines is 1. The number of aliphatic hydroxyl groups excluding tert-OH is 1. The van der Waals surface area contributed by atoms with Gasteiger partial charge in [0.2, 0.25) is 5.91 Å². The first-order valence-corrected chi connectivity index (χ1v) is 18.7. The predicted molar refractivity (Wildman–Crippen MR) is 220 cm³/mol. The fourth-order valence-electron chi connectivity index (χ4n) is 6.19. The van der Waals surface area contributed by atoms with Gasteiger partial charge in [-0.1, -0.05) is 72.8 Å². The number of ether oxygens (including phenoxy) is 2. The van der Waals surface area contributed by atoms with Gasteiger partial charge in [-0.05, 0) is 83.5 Å². The van der Waals surface area contributed by atoms with Crippen LogP contribution in [-0.2, 0) is 37.1 Å². The number of nitrogens with one attached hydrogen (secondary N) is 5. The minimum absolute atomic E-state index is 0.000990. The van der Waals surface area contributed by atoms with E-state index >= 15 is 0 Å². The lowest BCUT2D eigenvalue weighted by Crippen LogP contribution is -2.37. The Bertz CT molecular complexity index is 2090. The van der Waals surface area contributed by atoms with Crippen LogP contribution in [0.5, 0.6) is 11.5 Å². The Morgan fingerprint density at radius 1 is 0.719 bits per heavy atom. The highest BCUT2D eigenvalue weighted by Crippen LogP contribution is 2.27. The van der Waals surface area contributed by atoms with E-state index in [1.165, 1.54) is 0 Å². The number of hydrogen-bond acceptors (Lipinski definition) is 9. The van der Waals surface area contributed by atoms with Crippen LogP contribution in [0.15, 0.2) is 109 Å². The Kier molecular flexibility index (Phi) is 15.4. The molecule has 0 fully saturated rings. The lowest BCUT2D eigenvalue weighted by Gasteiger charge is -2.18. The summed E-state index contributed by atoms with van der Waals surface area (Å²) in [5, 5.41) is 25.1. The van der Waals surface area contributed by atoms with E-state index in [2.05, 4.69) is 31.6 Å². The number of amides is 4. The Balaban J connectivity index is 0.996. The molecule has 5 rings (SSSR count). The van der Waals surface area contributed by atoms with Gasteiger partial charge in [0.05, 0.1) is 33.4 Å². The molecule has 0 saturated heterocycles. The van der Waals surface area contributed by atoms with Gasteiger partial charge in [-0.15, -0.1) is 0 Å². The summed E-state index contributed by atoms with van der Waals surface area (Å²) in [5.74, 6) is 1.13. The first-order valence-electron chi connectivity index (χ1n) is 18.7. The zero-order chi connectivity index (χ0) is 40.6. The van der Waals surface area contributed by atoms with Gasteiger partial charge in [-0.25, -0.2) is 9.78 Å². The Morgan fingerprint density at radius 3 is 2.07 bits per heavy atom. The summed E-state index contributed by atoms with van der Waals surface area (Å²) in [5.41, 5.74) is 12.7. The topological polar surface area (TPSA) is 189 Å². The van der Waals surface area contributed by atoms with Gasteiger partial charge in [-0.3, -0.25) is 9.59 Å². The molecular formula is C44H51N7O6. The van der Waals surface area contributed by atoms with Crippen molar-refractivity contribution in [1.82, 2.24) is 31.6 Å². The van der Waals surface area contributed by atoms with E-state index in [-0.39, 0.29) is 37.0 Å². The summed E-state index contributed by atoms with van der Waals surface area (Å²) in [6.45, 7) is 3.11. The molecule has 0 saturated carbocycles. The summed E-state index contributed by atoms with van der Waals surface area (Å²) < 4.78 is 10.6. The number of nitrogens with zero attached hydrogens (tertiary/aromatic N) is 1. The van der Waals surface area contributed by atoms with Crippen LogP contribution < -0.4 is 41.8 Å². The van der Waals surface area contributed by atoms with Crippen LogP contribution in [0.2, 0.25) is 0 Å². The molecule has 13 nitrogen and oxygen atoms in total. The van der Waals surface area contributed by atoms with Gasteiger partial charge in [0, 0.05) is 43.0 Å². The fourth-order valence-corrected chi connectivity index (χ4v) is 6.19. The Labute approximate surface area is 333 Å². The standard InChI is InChI=1S/C44H51N7O6/c1-29(46-27-38(52)37-15-17-41(45)47-26-37)18-31-6-4-8-33(20-31)23-42(53)50-28-51-43(54)36-13-10-30(11-14-36)19-32-7-5-9-34(21-32)24-48-44(55)49-25-35-12-16-39(56-2)40(22-35)57-3/h4-17,20-22,26,29,38,46,52H,18-19,23-25,27-28H2,1-3H3,(H2,45,47)(H,50,53)(H,51,54)(H2,48,49,55)/t29-,38+/m1/s1. The van der Waals surface area contributed by atoms with Crippen molar-refractivity contribution < 1.29 is 29.0 Å². The molecule has 0 unspecified atom stereocenters. The number of carbonyl (C=O) groups is 3. The molecule has 0 spiro atoms. The van der Waals surface area contributed by atoms with Crippen LogP contribution in [-0.4, -0.2) is 61.4 Å². The van der Waals surface area contributed by atoms with Gasteiger partial charge >= 0.3 is 6.03 Å². The quantitative estimate of drug-likeness (QED) is 0.0590. The van der Waals surface area contributed by atoms with E-state index in [0.29, 0.717) is 60.9 Å². The monoisotopic (exact) mass is 773 g/mol. The number of aliphatic hydroxyl groups is 1. The SMILES string of the molecule is COc1ccc(CNC(=O)NCc2cccc(Cc3ccc(C(=O)NCNC(=O)Cc4cccc(C[C@@H](C)NC[C@H](O)c5ccc(N)nc5)c4)cc3)c2)cc1OC. The summed E-state index contributed by atoms with van der Waals surface area (Å²) in [4.78, 5) is 42.0. The molecule has 1 heterocycles. The van der Waals surface area contributed by atoms with Gasteiger partial charge in [0.15, 0.2) is 11.5 Å². The minimum atomic E-state index is -0.702. The number of hydrogen-bond donors (Lipinski definition) is 7. The van der Waals surface area contributed by atoms with E-state index in [1.807, 2.05) is 79.7 Å². The molecule has 4 amide bonds. The van der Waals surface area contributed by atoms with Crippen molar-refractivity contribution in [3.8, 4) is 11.5 Å². The van der Waals surface area contributed by atoms with Crippen LogP contribution in [0.1, 0.15) is 62.3 Å². The summed E-state index contributed by atoms with van der Waals surface area (Å²) in [7, 11) is 3.15. The molecule has 1 aromatic heterocycles. The van der Waals surface area contributed by atoms with Gasteiger partial charge in [0.25, 0.3) is 5.91 Å². The fraction of sp³-hybridized carbons (Fsp3) is 0.273. The summed E-state index contributed by atoms with van der Waals surface area (Å²) in [6.07, 6.45) is 2.41. The first kappa shape index (κ1) is 41.7. The third-order valence-corrected chi connectivity index (χ3v) is 9.26. The van der Waals surface area contributed by atoms with E-state index in [1.54, 1.807) is 50.7 Å². The molecule has 8 N–H and O–H groups in total. The normalized spacial score (nSPS) is 11.9. The van der Waals surface area contributed by atoms with E-state index in [0.717, 1.165) is 33.4 Å². The largest absolute Gasteiger partial charge is 0.493 e. The molecule has 0 aliphatic heterocycles. The molecule has 4 aromatic carbocycles. The van der Waals surface area contributed by atoms with Crippen molar-refractivity contribution in [1.29, 1.82) is 0 Å². The lowest BCUT2D eigenvalue weighted by atomic mass is 10.0. The molecule has 0 aliphatic carbocycles. The Morgan fingerprint density at radius 2 is 1.37 bits per heavy atom.